The van der Waals surface area contributed by atoms with E-state index in [1.165, 1.54) is 10.9 Å². The molecule has 0 saturated carbocycles. The lowest BCUT2D eigenvalue weighted by Crippen LogP contribution is -2.30. The molecule has 0 amide bonds. The zero-order valence-electron chi connectivity index (χ0n) is 8.54. The van der Waals surface area contributed by atoms with Crippen LogP contribution in [-0.4, -0.2) is 41.9 Å². The molecule has 0 radical (unpaired) electrons. The Labute approximate surface area is 95.2 Å². The third kappa shape index (κ3) is 1.79. The number of aromatic nitrogens is 5. The summed E-state index contributed by atoms with van der Waals surface area (Å²) in [4.78, 5) is 11.8. The molecule has 2 heterocycles. The van der Waals surface area contributed by atoms with E-state index in [2.05, 4.69) is 15.4 Å². The van der Waals surface area contributed by atoms with Crippen molar-refractivity contribution in [3.63, 3.8) is 0 Å². The van der Waals surface area contributed by atoms with Gasteiger partial charge < -0.3 is 5.11 Å². The fraction of sp³-hybridized carbons (Fsp3) is 0.500. The maximum atomic E-state index is 11.8. The summed E-state index contributed by atoms with van der Waals surface area (Å²) >= 11 is 5.45. The Balaban J connectivity index is 2.49. The van der Waals surface area contributed by atoms with Gasteiger partial charge in [-0.3, -0.25) is 4.79 Å². The van der Waals surface area contributed by atoms with Crippen LogP contribution >= 0.6 is 11.6 Å². The van der Waals surface area contributed by atoms with E-state index in [9.17, 15) is 9.90 Å². The van der Waals surface area contributed by atoms with Gasteiger partial charge in [0.1, 0.15) is 5.39 Å². The van der Waals surface area contributed by atoms with E-state index in [1.807, 2.05) is 0 Å². The molecule has 8 heteroatoms. The van der Waals surface area contributed by atoms with Crippen molar-refractivity contribution >= 4 is 22.6 Å². The molecular weight excluding hydrogens is 234 g/mol. The van der Waals surface area contributed by atoms with Gasteiger partial charge in [-0.1, -0.05) is 5.21 Å². The van der Waals surface area contributed by atoms with Crippen LogP contribution in [0.25, 0.3) is 11.0 Å². The molecule has 0 aliphatic rings. The van der Waals surface area contributed by atoms with Crippen LogP contribution in [0.4, 0.5) is 0 Å². The second-order valence-electron chi connectivity index (χ2n) is 3.39. The quantitative estimate of drug-likeness (QED) is 0.708. The molecule has 0 spiro atoms. The highest BCUT2D eigenvalue weighted by Crippen LogP contribution is 2.02. The maximum absolute atomic E-state index is 11.8. The van der Waals surface area contributed by atoms with Crippen LogP contribution in [0.5, 0.6) is 0 Å². The molecule has 0 aromatic carbocycles. The Morgan fingerprint density at radius 2 is 2.38 bits per heavy atom. The average Bonchev–Trinajstić information content (AvgIpc) is 2.65. The second-order valence-corrected chi connectivity index (χ2v) is 3.70. The average molecular weight is 244 g/mol. The summed E-state index contributed by atoms with van der Waals surface area (Å²) in [5.41, 5.74) is 0.0869. The molecule has 2 aromatic rings. The molecule has 86 valence electrons. The third-order valence-electron chi connectivity index (χ3n) is 2.18. The number of aliphatic hydroxyl groups excluding tert-OH is 1. The summed E-state index contributed by atoms with van der Waals surface area (Å²) in [6.07, 6.45) is 0.610. The predicted molar refractivity (Wildman–Crippen MR) is 57.3 cm³/mol. The van der Waals surface area contributed by atoms with Crippen LogP contribution in [-0.2, 0) is 13.6 Å². The van der Waals surface area contributed by atoms with Crippen molar-refractivity contribution < 1.29 is 5.11 Å². The monoisotopic (exact) mass is 243 g/mol. The summed E-state index contributed by atoms with van der Waals surface area (Å²) in [7, 11) is 1.68. The number of fused-ring (bicyclic) bond motifs is 1. The minimum atomic E-state index is -0.817. The number of aliphatic hydroxyl groups is 1. The van der Waals surface area contributed by atoms with Crippen LogP contribution in [0.1, 0.15) is 0 Å². The Bertz CT molecular complexity index is 563. The van der Waals surface area contributed by atoms with Gasteiger partial charge in [-0.25, -0.2) is 9.36 Å². The van der Waals surface area contributed by atoms with Crippen molar-refractivity contribution in [1.82, 2.24) is 24.8 Å². The highest BCUT2D eigenvalue weighted by Gasteiger charge is 2.11. The van der Waals surface area contributed by atoms with Crippen LogP contribution < -0.4 is 5.56 Å². The Morgan fingerprint density at radius 1 is 1.62 bits per heavy atom. The van der Waals surface area contributed by atoms with E-state index >= 15 is 0 Å². The number of hydrogen-bond acceptors (Lipinski definition) is 5. The molecule has 0 bridgehead atoms. The van der Waals surface area contributed by atoms with Gasteiger partial charge in [-0.2, -0.15) is 5.10 Å². The van der Waals surface area contributed by atoms with Crippen LogP contribution in [0, 0.1) is 0 Å². The van der Waals surface area contributed by atoms with Gasteiger partial charge >= 0.3 is 0 Å². The highest BCUT2D eigenvalue weighted by molar-refractivity contribution is 6.18. The standard InChI is InChI=1S/C8H10ClN5O2/c1-13-7-6(3-10-13)8(16)14(12-11-7)4-5(15)2-9/h3,5,15H,2,4H2,1H3. The van der Waals surface area contributed by atoms with E-state index in [-0.39, 0.29) is 18.0 Å². The zero-order valence-corrected chi connectivity index (χ0v) is 9.29. The molecule has 1 unspecified atom stereocenters. The fourth-order valence-corrected chi connectivity index (χ4v) is 1.44. The van der Waals surface area contributed by atoms with Crippen molar-refractivity contribution in [3.8, 4) is 0 Å². The van der Waals surface area contributed by atoms with Gasteiger partial charge in [0.05, 0.1) is 24.7 Å². The number of rotatable bonds is 3. The Morgan fingerprint density at radius 3 is 3.06 bits per heavy atom. The Hall–Kier alpha value is -1.47. The molecule has 2 rings (SSSR count). The van der Waals surface area contributed by atoms with E-state index in [0.29, 0.717) is 11.0 Å². The van der Waals surface area contributed by atoms with Crippen molar-refractivity contribution in [2.75, 3.05) is 5.88 Å². The summed E-state index contributed by atoms with van der Waals surface area (Å²) in [6, 6.07) is 0. The van der Waals surface area contributed by atoms with Crippen molar-refractivity contribution in [2.45, 2.75) is 12.6 Å². The normalized spacial score (nSPS) is 13.2. The second kappa shape index (κ2) is 4.18. The van der Waals surface area contributed by atoms with Crippen LogP contribution in [0.15, 0.2) is 11.0 Å². The molecule has 0 fully saturated rings. The molecule has 7 nitrogen and oxygen atoms in total. The van der Waals surface area contributed by atoms with Gasteiger partial charge in [0.15, 0.2) is 5.65 Å². The van der Waals surface area contributed by atoms with E-state index in [4.69, 9.17) is 11.6 Å². The number of alkyl halides is 1. The molecular formula is C8H10ClN5O2. The summed E-state index contributed by atoms with van der Waals surface area (Å²) in [5.74, 6) is 0.0409. The molecule has 0 saturated heterocycles. The topological polar surface area (TPSA) is 85.8 Å². The summed E-state index contributed by atoms with van der Waals surface area (Å²) < 4.78 is 2.54. The first-order chi connectivity index (χ1) is 7.63. The first-order valence-electron chi connectivity index (χ1n) is 4.63. The Kier molecular flexibility index (Phi) is 2.88. The number of hydrogen-bond donors (Lipinski definition) is 1. The van der Waals surface area contributed by atoms with Gasteiger partial charge in [-0.15, -0.1) is 16.7 Å². The first kappa shape index (κ1) is 11.0. The number of halogens is 1. The van der Waals surface area contributed by atoms with Gasteiger partial charge in [0, 0.05) is 7.05 Å². The zero-order chi connectivity index (χ0) is 11.7. The lowest BCUT2D eigenvalue weighted by atomic mass is 10.4. The molecule has 16 heavy (non-hydrogen) atoms. The fourth-order valence-electron chi connectivity index (χ4n) is 1.34. The van der Waals surface area contributed by atoms with Crippen LogP contribution in [0.2, 0.25) is 0 Å². The smallest absolute Gasteiger partial charge is 0.280 e. The van der Waals surface area contributed by atoms with Crippen molar-refractivity contribution in [3.05, 3.63) is 16.6 Å². The van der Waals surface area contributed by atoms with Crippen molar-refractivity contribution in [2.24, 2.45) is 7.05 Å². The predicted octanol–water partition coefficient (Wildman–Crippen LogP) is -0.875. The summed E-state index contributed by atoms with van der Waals surface area (Å²) in [6.45, 7) is 0.0279. The number of nitrogens with zero attached hydrogens (tertiary/aromatic N) is 5. The third-order valence-corrected chi connectivity index (χ3v) is 2.54. The van der Waals surface area contributed by atoms with Crippen molar-refractivity contribution in [1.29, 1.82) is 0 Å². The van der Waals surface area contributed by atoms with Gasteiger partial charge in [0.2, 0.25) is 0 Å². The highest BCUT2D eigenvalue weighted by atomic mass is 35.5. The molecule has 1 atom stereocenters. The molecule has 2 aromatic heterocycles. The molecule has 0 aliphatic heterocycles. The number of aryl methyl sites for hydroxylation is 1. The minimum Gasteiger partial charge on any atom is -0.390 e. The van der Waals surface area contributed by atoms with Crippen LogP contribution in [0.3, 0.4) is 0 Å². The minimum absolute atomic E-state index is 0.0279. The SMILES string of the molecule is Cn1ncc2c(=O)n(CC(O)CCl)nnc21. The lowest BCUT2D eigenvalue weighted by molar-refractivity contribution is 0.168. The molecule has 1 N–H and O–H groups in total. The summed E-state index contributed by atoms with van der Waals surface area (Å²) in [5, 5.41) is 21.2. The maximum Gasteiger partial charge on any atom is 0.280 e. The van der Waals surface area contributed by atoms with Gasteiger partial charge in [-0.05, 0) is 0 Å². The molecule has 0 aliphatic carbocycles. The van der Waals surface area contributed by atoms with E-state index in [0.717, 1.165) is 4.68 Å². The first-order valence-corrected chi connectivity index (χ1v) is 5.16. The van der Waals surface area contributed by atoms with Gasteiger partial charge in [0.25, 0.3) is 5.56 Å². The lowest BCUT2D eigenvalue weighted by Gasteiger charge is -2.06. The van der Waals surface area contributed by atoms with E-state index in [1.54, 1.807) is 7.05 Å². The largest absolute Gasteiger partial charge is 0.390 e. The van der Waals surface area contributed by atoms with E-state index < -0.39 is 6.10 Å².